The van der Waals surface area contributed by atoms with Gasteiger partial charge in [-0.2, -0.15) is 0 Å². The first-order valence-corrected chi connectivity index (χ1v) is 10.9. The second-order valence-corrected chi connectivity index (χ2v) is 8.39. The minimum absolute atomic E-state index is 0.000405. The summed E-state index contributed by atoms with van der Waals surface area (Å²) in [5.74, 6) is 0.615. The van der Waals surface area contributed by atoms with Crippen molar-refractivity contribution in [3.8, 4) is 0 Å². The van der Waals surface area contributed by atoms with Gasteiger partial charge >= 0.3 is 0 Å². The third-order valence-corrected chi connectivity index (χ3v) is 5.91. The van der Waals surface area contributed by atoms with E-state index >= 15 is 0 Å². The minimum atomic E-state index is -0.366. The topological polar surface area (TPSA) is 82.7 Å². The number of carbonyl (C=O) groups is 1. The Morgan fingerprint density at radius 1 is 1.10 bits per heavy atom. The Bertz CT molecular complexity index is 1100. The molecular weight excluding hydrogens is 389 g/mol. The number of nitrogens with zero attached hydrogens (tertiary/aromatic N) is 3. The number of carbonyl (C=O) groups excluding carboxylic acids is 1. The Kier molecular flexibility index (Phi) is 5.57. The molecule has 31 heavy (non-hydrogen) atoms. The lowest BCUT2D eigenvalue weighted by Gasteiger charge is -2.25. The van der Waals surface area contributed by atoms with Gasteiger partial charge in [0.25, 0.3) is 5.91 Å². The maximum absolute atomic E-state index is 12.7. The third kappa shape index (κ3) is 4.70. The van der Waals surface area contributed by atoms with Crippen molar-refractivity contribution in [3.63, 3.8) is 0 Å². The Morgan fingerprint density at radius 2 is 1.97 bits per heavy atom. The molecular formula is C23H26BN5O2. The molecule has 1 unspecified atom stereocenters. The molecule has 1 amide bonds. The fourth-order valence-electron chi connectivity index (χ4n) is 4.22. The largest absolute Gasteiger partial charge is 0.358 e. The molecule has 2 fully saturated rings. The van der Waals surface area contributed by atoms with Crippen LogP contribution in [0.2, 0.25) is 0 Å². The van der Waals surface area contributed by atoms with Crippen molar-refractivity contribution in [1.82, 2.24) is 14.9 Å². The van der Waals surface area contributed by atoms with Gasteiger partial charge in [-0.3, -0.25) is 4.79 Å². The van der Waals surface area contributed by atoms with E-state index in [9.17, 15) is 4.79 Å². The summed E-state index contributed by atoms with van der Waals surface area (Å²) in [5.41, 5.74) is 3.65. The summed E-state index contributed by atoms with van der Waals surface area (Å²) in [6.45, 7) is 3.05. The molecule has 0 saturated carbocycles. The first-order chi connectivity index (χ1) is 15.2. The lowest BCUT2D eigenvalue weighted by atomic mass is 9.96. The highest BCUT2D eigenvalue weighted by atomic mass is 16.6. The molecule has 0 spiro atoms. The van der Waals surface area contributed by atoms with E-state index in [-0.39, 0.29) is 18.1 Å². The molecule has 0 aliphatic carbocycles. The Hall–Kier alpha value is -2.97. The van der Waals surface area contributed by atoms with E-state index < -0.39 is 0 Å². The second kappa shape index (κ2) is 8.65. The average molecular weight is 415 g/mol. The summed E-state index contributed by atoms with van der Waals surface area (Å²) in [6.07, 6.45) is 4.96. The average Bonchev–Trinajstić information content (AvgIpc) is 3.54. The fourth-order valence-corrected chi connectivity index (χ4v) is 4.22. The lowest BCUT2D eigenvalue weighted by molar-refractivity contribution is -0.117. The summed E-state index contributed by atoms with van der Waals surface area (Å²) in [5, 5.41) is 7.21. The second-order valence-electron chi connectivity index (χ2n) is 8.39. The van der Waals surface area contributed by atoms with Gasteiger partial charge in [0.15, 0.2) is 6.10 Å². The summed E-state index contributed by atoms with van der Waals surface area (Å²) < 4.78 is 5.66. The first-order valence-electron chi connectivity index (χ1n) is 10.9. The Labute approximate surface area is 182 Å². The number of hydrogen-bond donors (Lipinski definition) is 2. The summed E-state index contributed by atoms with van der Waals surface area (Å²) >= 11 is 0. The molecule has 2 aliphatic heterocycles. The van der Waals surface area contributed by atoms with E-state index in [4.69, 9.17) is 4.74 Å². The van der Waals surface area contributed by atoms with Crippen molar-refractivity contribution in [2.45, 2.75) is 31.5 Å². The zero-order valence-corrected chi connectivity index (χ0v) is 17.7. The van der Waals surface area contributed by atoms with E-state index in [1.165, 1.54) is 24.7 Å². The van der Waals surface area contributed by atoms with Crippen LogP contribution in [0.3, 0.4) is 0 Å². The maximum Gasteiger partial charge on any atom is 0.256 e. The number of aromatic nitrogens is 2. The highest BCUT2D eigenvalue weighted by Gasteiger charge is 2.45. The number of fused-ring (bicyclic) bond motifs is 1. The van der Waals surface area contributed by atoms with Crippen LogP contribution < -0.4 is 16.1 Å². The van der Waals surface area contributed by atoms with Crippen LogP contribution in [0.4, 0.5) is 17.2 Å². The molecule has 0 radical (unpaired) electrons. The Balaban J connectivity index is 1.28. The van der Waals surface area contributed by atoms with Crippen molar-refractivity contribution in [1.29, 1.82) is 0 Å². The van der Waals surface area contributed by atoms with Crippen molar-refractivity contribution in [3.05, 3.63) is 48.8 Å². The van der Waals surface area contributed by atoms with Gasteiger partial charge < -0.3 is 20.3 Å². The maximum atomic E-state index is 12.7. The number of nitrogens with one attached hydrogen (secondary N) is 2. The van der Waals surface area contributed by atoms with Crippen LogP contribution in [0, 0.1) is 0 Å². The van der Waals surface area contributed by atoms with Gasteiger partial charge in [-0.25, -0.2) is 9.97 Å². The van der Waals surface area contributed by atoms with Crippen LogP contribution in [0.15, 0.2) is 48.8 Å². The number of anilines is 3. The quantitative estimate of drug-likeness (QED) is 0.472. The number of likely N-dealkylation sites (tertiary alicyclic amines) is 1. The van der Waals surface area contributed by atoms with Crippen LogP contribution in [-0.4, -0.2) is 60.5 Å². The molecule has 2 aliphatic rings. The summed E-state index contributed by atoms with van der Waals surface area (Å²) in [7, 11) is 2.05. The number of piperidine rings is 1. The standard InChI is InChI=1S/C23H26BN5O2/c24-15-5-4-6-16(11-15)27-22-18-12-17(7-8-19(18)25-14-26-22)28-23(30)21-20(31-21)13-29-9-2-1-3-10-29/h4-8,11-12,14,20-21H,1-3,9-10,13,24H2,(H,28,30)(H,25,26,27)/t20?,21-/m1/s1. The van der Waals surface area contributed by atoms with Crippen LogP contribution >= 0.6 is 0 Å². The predicted octanol–water partition coefficient (Wildman–Crippen LogP) is 1.82. The lowest BCUT2D eigenvalue weighted by Crippen LogP contribution is -2.34. The van der Waals surface area contributed by atoms with Crippen LogP contribution in [-0.2, 0) is 9.53 Å². The van der Waals surface area contributed by atoms with Crippen LogP contribution in [0.5, 0.6) is 0 Å². The molecule has 0 bridgehead atoms. The monoisotopic (exact) mass is 415 g/mol. The molecule has 2 saturated heterocycles. The molecule has 1 aromatic heterocycles. The minimum Gasteiger partial charge on any atom is -0.358 e. The number of ether oxygens (including phenoxy) is 1. The van der Waals surface area contributed by atoms with E-state index in [0.717, 1.165) is 36.2 Å². The highest BCUT2D eigenvalue weighted by Crippen LogP contribution is 2.28. The first kappa shape index (κ1) is 20.0. The number of rotatable bonds is 6. The third-order valence-electron chi connectivity index (χ3n) is 5.91. The van der Waals surface area contributed by atoms with Crippen molar-refractivity contribution >= 4 is 47.3 Å². The van der Waals surface area contributed by atoms with Gasteiger partial charge in [-0.05, 0) is 56.3 Å². The van der Waals surface area contributed by atoms with Crippen molar-refractivity contribution in [2.75, 3.05) is 30.3 Å². The van der Waals surface area contributed by atoms with E-state index in [2.05, 4.69) is 45.5 Å². The molecule has 7 nitrogen and oxygen atoms in total. The van der Waals surface area contributed by atoms with E-state index in [0.29, 0.717) is 11.5 Å². The van der Waals surface area contributed by atoms with Crippen molar-refractivity contribution < 1.29 is 9.53 Å². The van der Waals surface area contributed by atoms with Gasteiger partial charge in [0, 0.05) is 23.3 Å². The molecule has 2 atom stereocenters. The van der Waals surface area contributed by atoms with Crippen LogP contribution in [0.25, 0.3) is 10.9 Å². The SMILES string of the molecule is Bc1cccc(Nc2ncnc3ccc(NC(=O)[C@@H]4OC4CN4CCCCC4)cc23)c1. The van der Waals surface area contributed by atoms with Gasteiger partial charge in [-0.1, -0.05) is 24.0 Å². The smallest absolute Gasteiger partial charge is 0.256 e. The van der Waals surface area contributed by atoms with Gasteiger partial charge in [0.05, 0.1) is 5.52 Å². The zero-order valence-electron chi connectivity index (χ0n) is 17.7. The highest BCUT2D eigenvalue weighted by molar-refractivity contribution is 6.32. The van der Waals surface area contributed by atoms with Crippen LogP contribution in [0.1, 0.15) is 19.3 Å². The predicted molar refractivity (Wildman–Crippen MR) is 125 cm³/mol. The molecule has 5 rings (SSSR count). The van der Waals surface area contributed by atoms with Gasteiger partial charge in [-0.15, -0.1) is 0 Å². The number of benzene rings is 2. The van der Waals surface area contributed by atoms with Crippen molar-refractivity contribution in [2.24, 2.45) is 0 Å². The normalized spacial score (nSPS) is 21.0. The van der Waals surface area contributed by atoms with E-state index in [1.807, 2.05) is 30.3 Å². The zero-order chi connectivity index (χ0) is 21.2. The summed E-state index contributed by atoms with van der Waals surface area (Å²) in [4.78, 5) is 23.8. The number of epoxide rings is 1. The number of amides is 1. The molecule has 2 aromatic carbocycles. The van der Waals surface area contributed by atoms with Gasteiger partial charge in [0.2, 0.25) is 0 Å². The molecule has 8 heteroatoms. The molecule has 3 heterocycles. The molecule has 2 N–H and O–H groups in total. The molecule has 158 valence electrons. The molecule has 3 aromatic rings. The fraction of sp³-hybridized carbons (Fsp3) is 0.348. The Morgan fingerprint density at radius 3 is 2.81 bits per heavy atom. The number of hydrogen-bond acceptors (Lipinski definition) is 6. The summed E-state index contributed by atoms with van der Waals surface area (Å²) in [6, 6.07) is 13.8. The van der Waals surface area contributed by atoms with Gasteiger partial charge in [0.1, 0.15) is 26.1 Å². The van der Waals surface area contributed by atoms with E-state index in [1.54, 1.807) is 6.33 Å².